The Bertz CT molecular complexity index is 839. The zero-order valence-electron chi connectivity index (χ0n) is 14.9. The molecule has 1 aliphatic rings. The average Bonchev–Trinajstić information content (AvgIpc) is 3.03. The molecule has 0 unspecified atom stereocenters. The third kappa shape index (κ3) is 3.31. The maximum atomic E-state index is 4.90. The van der Waals surface area contributed by atoms with Gasteiger partial charge in [0, 0.05) is 29.9 Å². The van der Waals surface area contributed by atoms with Crippen LogP contribution in [0.25, 0.3) is 21.3 Å². The maximum absolute atomic E-state index is 4.90. The molecule has 2 aromatic heterocycles. The van der Waals surface area contributed by atoms with Gasteiger partial charge < -0.3 is 4.90 Å². The number of hydrogen-bond acceptors (Lipinski definition) is 5. The molecule has 1 aliphatic carbocycles. The molecular formula is C20H24N4S. The first-order chi connectivity index (χ1) is 12.3. The summed E-state index contributed by atoms with van der Waals surface area (Å²) >= 11 is 1.85. The highest BCUT2D eigenvalue weighted by Gasteiger charge is 2.35. The number of benzene rings is 1. The second kappa shape index (κ2) is 7.18. The Morgan fingerprint density at radius 2 is 1.92 bits per heavy atom. The lowest BCUT2D eigenvalue weighted by Gasteiger charge is -2.41. The largest absolute Gasteiger partial charge is 0.301 e. The molecule has 25 heavy (non-hydrogen) atoms. The van der Waals surface area contributed by atoms with Crippen molar-refractivity contribution in [3.8, 4) is 11.1 Å². The summed E-state index contributed by atoms with van der Waals surface area (Å²) in [7, 11) is 0. The Morgan fingerprint density at radius 1 is 1.12 bits per heavy atom. The summed E-state index contributed by atoms with van der Waals surface area (Å²) in [6.07, 6.45) is 9.04. The van der Waals surface area contributed by atoms with E-state index in [1.807, 2.05) is 23.7 Å². The molecule has 0 amide bonds. The Kier molecular flexibility index (Phi) is 4.77. The maximum Gasteiger partial charge on any atom is 0.115 e. The lowest BCUT2D eigenvalue weighted by Crippen LogP contribution is -2.44. The fourth-order valence-corrected chi connectivity index (χ4v) is 4.85. The Morgan fingerprint density at radius 3 is 2.64 bits per heavy atom. The van der Waals surface area contributed by atoms with Crippen molar-refractivity contribution < 1.29 is 0 Å². The van der Waals surface area contributed by atoms with Gasteiger partial charge in [0.25, 0.3) is 0 Å². The summed E-state index contributed by atoms with van der Waals surface area (Å²) < 4.78 is 1.26. The van der Waals surface area contributed by atoms with Gasteiger partial charge in [-0.25, -0.2) is 15.0 Å². The molecule has 1 fully saturated rings. The van der Waals surface area contributed by atoms with Gasteiger partial charge in [0.1, 0.15) is 6.33 Å². The molecule has 0 aliphatic heterocycles. The van der Waals surface area contributed by atoms with Crippen molar-refractivity contribution in [3.63, 3.8) is 0 Å². The fraction of sp³-hybridized carbons (Fsp3) is 0.450. The van der Waals surface area contributed by atoms with Crippen LogP contribution < -0.4 is 0 Å². The van der Waals surface area contributed by atoms with Gasteiger partial charge in [-0.1, -0.05) is 19.9 Å². The van der Waals surface area contributed by atoms with E-state index in [2.05, 4.69) is 46.9 Å². The van der Waals surface area contributed by atoms with Gasteiger partial charge in [-0.15, -0.1) is 11.3 Å². The first-order valence-corrected chi connectivity index (χ1v) is 10.00. The van der Waals surface area contributed by atoms with Crippen LogP contribution in [0.4, 0.5) is 0 Å². The quantitative estimate of drug-likeness (QED) is 0.643. The number of hydrogen-bond donors (Lipinski definition) is 0. The van der Waals surface area contributed by atoms with Crippen molar-refractivity contribution in [2.45, 2.75) is 45.1 Å². The van der Waals surface area contributed by atoms with Crippen molar-refractivity contribution >= 4 is 21.6 Å². The van der Waals surface area contributed by atoms with Gasteiger partial charge in [-0.3, -0.25) is 0 Å². The molecule has 0 atom stereocenters. The number of fused-ring (bicyclic) bond motifs is 1. The predicted molar refractivity (Wildman–Crippen MR) is 104 cm³/mol. The van der Waals surface area contributed by atoms with Crippen LogP contribution in [0.15, 0.2) is 36.9 Å². The summed E-state index contributed by atoms with van der Waals surface area (Å²) in [5, 5.41) is 1.31. The normalized spacial score (nSPS) is 20.1. The van der Waals surface area contributed by atoms with E-state index in [9.17, 15) is 0 Å². The molecule has 4 rings (SSSR count). The molecule has 2 heterocycles. The van der Waals surface area contributed by atoms with E-state index in [-0.39, 0.29) is 0 Å². The van der Waals surface area contributed by atoms with Crippen LogP contribution >= 0.6 is 11.3 Å². The van der Waals surface area contributed by atoms with Crippen molar-refractivity contribution in [1.82, 2.24) is 19.9 Å². The zero-order valence-corrected chi connectivity index (χ0v) is 15.7. The van der Waals surface area contributed by atoms with Gasteiger partial charge in [0.05, 0.1) is 15.2 Å². The van der Waals surface area contributed by atoms with Crippen LogP contribution in [-0.4, -0.2) is 39.0 Å². The summed E-state index contributed by atoms with van der Waals surface area (Å²) in [5.41, 5.74) is 3.33. The van der Waals surface area contributed by atoms with Crippen LogP contribution in [0.1, 0.15) is 44.0 Å². The van der Waals surface area contributed by atoms with Crippen molar-refractivity contribution in [2.24, 2.45) is 0 Å². The molecular weight excluding hydrogens is 328 g/mol. The molecule has 0 bridgehead atoms. The molecule has 3 aromatic rings. The van der Waals surface area contributed by atoms with E-state index in [0.29, 0.717) is 5.92 Å². The van der Waals surface area contributed by atoms with Crippen molar-refractivity contribution in [3.05, 3.63) is 41.9 Å². The number of aromatic nitrogens is 3. The number of rotatable bonds is 6. The highest BCUT2D eigenvalue weighted by molar-refractivity contribution is 7.18. The van der Waals surface area contributed by atoms with Crippen molar-refractivity contribution in [2.75, 3.05) is 13.1 Å². The molecule has 0 spiro atoms. The minimum absolute atomic E-state index is 0.636. The lowest BCUT2D eigenvalue weighted by molar-refractivity contribution is 0.114. The molecule has 5 heteroatoms. The monoisotopic (exact) mass is 352 g/mol. The van der Waals surface area contributed by atoms with Crippen LogP contribution in [0, 0.1) is 0 Å². The fourth-order valence-electron chi connectivity index (χ4n) is 3.72. The van der Waals surface area contributed by atoms with Gasteiger partial charge in [-0.2, -0.15) is 0 Å². The van der Waals surface area contributed by atoms with Gasteiger partial charge in [-0.05, 0) is 50.0 Å². The van der Waals surface area contributed by atoms with E-state index in [1.165, 1.54) is 35.5 Å². The van der Waals surface area contributed by atoms with Crippen LogP contribution in [0.5, 0.6) is 0 Å². The highest BCUT2D eigenvalue weighted by Crippen LogP contribution is 2.43. The second-order valence-corrected chi connectivity index (χ2v) is 7.87. The minimum Gasteiger partial charge on any atom is -0.301 e. The van der Waals surface area contributed by atoms with Crippen LogP contribution in [0.2, 0.25) is 0 Å². The predicted octanol–water partition coefficient (Wildman–Crippen LogP) is 4.73. The first-order valence-electron chi connectivity index (χ1n) is 9.18. The smallest absolute Gasteiger partial charge is 0.115 e. The van der Waals surface area contributed by atoms with E-state index in [1.54, 1.807) is 6.33 Å². The molecule has 4 nitrogen and oxygen atoms in total. The Balaban J connectivity index is 1.51. The molecule has 130 valence electrons. The summed E-state index contributed by atoms with van der Waals surface area (Å²) in [6.45, 7) is 6.92. The van der Waals surface area contributed by atoms with E-state index < -0.39 is 0 Å². The summed E-state index contributed by atoms with van der Waals surface area (Å²) in [6, 6.07) is 7.22. The van der Waals surface area contributed by atoms with Crippen LogP contribution in [-0.2, 0) is 0 Å². The Labute approximate surface area is 153 Å². The third-order valence-corrected chi connectivity index (χ3v) is 6.38. The SMILES string of the molecule is CCCN(CC)C1CC(c2nc3ccc(-c4cncnc4)cc3s2)C1. The summed E-state index contributed by atoms with van der Waals surface area (Å²) in [4.78, 5) is 15.8. The minimum atomic E-state index is 0.636. The molecule has 0 saturated heterocycles. The third-order valence-electron chi connectivity index (χ3n) is 5.19. The highest BCUT2D eigenvalue weighted by atomic mass is 32.1. The van der Waals surface area contributed by atoms with E-state index in [0.717, 1.165) is 29.2 Å². The number of thiazole rings is 1. The number of nitrogens with zero attached hydrogens (tertiary/aromatic N) is 4. The summed E-state index contributed by atoms with van der Waals surface area (Å²) in [5.74, 6) is 0.636. The first kappa shape index (κ1) is 16.6. The standard InChI is InChI=1S/C20H24N4S/c1-3-7-24(4-2)17-8-15(9-17)20-23-18-6-5-14(10-19(18)25-20)16-11-21-13-22-12-16/h5-6,10-13,15,17H,3-4,7-9H2,1-2H3. The Hall–Kier alpha value is -1.85. The van der Waals surface area contributed by atoms with Gasteiger partial charge in [0.15, 0.2) is 0 Å². The van der Waals surface area contributed by atoms with Crippen LogP contribution in [0.3, 0.4) is 0 Å². The molecule has 0 N–H and O–H groups in total. The lowest BCUT2D eigenvalue weighted by atomic mass is 9.79. The zero-order chi connectivity index (χ0) is 17.2. The topological polar surface area (TPSA) is 41.9 Å². The van der Waals surface area contributed by atoms with Gasteiger partial charge >= 0.3 is 0 Å². The van der Waals surface area contributed by atoms with E-state index in [4.69, 9.17) is 4.98 Å². The molecule has 0 radical (unpaired) electrons. The molecule has 1 aromatic carbocycles. The van der Waals surface area contributed by atoms with Gasteiger partial charge in [0.2, 0.25) is 0 Å². The second-order valence-electron chi connectivity index (χ2n) is 6.81. The average molecular weight is 353 g/mol. The van der Waals surface area contributed by atoms with E-state index >= 15 is 0 Å². The molecule has 1 saturated carbocycles. The van der Waals surface area contributed by atoms with Crippen molar-refractivity contribution in [1.29, 1.82) is 0 Å².